The first kappa shape index (κ1) is 59.6. The Morgan fingerprint density at radius 1 is 0.893 bits per heavy atom. The van der Waals surface area contributed by atoms with E-state index in [1.54, 1.807) is 31.4 Å². The molecule has 3 aromatic carbocycles. The number of rotatable bonds is 25. The van der Waals surface area contributed by atoms with Crippen molar-refractivity contribution >= 4 is 78.0 Å². The lowest BCUT2D eigenvalue weighted by atomic mass is 9.39. The second-order valence-electron chi connectivity index (χ2n) is 24.1. The maximum atomic E-state index is 13.8. The predicted octanol–water partition coefficient (Wildman–Crippen LogP) is 9.65. The molecule has 11 rings (SSSR count). The number of nitrogens with one attached hydrogen (secondary N) is 4. The van der Waals surface area contributed by atoms with Gasteiger partial charge < -0.3 is 35.0 Å². The van der Waals surface area contributed by atoms with Crippen LogP contribution in [-0.2, 0) is 55.2 Å². The molecule has 6 aromatic rings. The molecule has 22 heteroatoms. The first-order valence-electron chi connectivity index (χ1n) is 28.6. The summed E-state index contributed by atoms with van der Waals surface area (Å²) in [6.07, 6.45) is 9.85. The number of amides is 4. The van der Waals surface area contributed by atoms with Gasteiger partial charge in [0.05, 0.1) is 28.6 Å². The molecule has 1 aliphatic heterocycles. The SMILES string of the molecule is C=CS(=O)(=O)NCCCCCC(=O)NCCC(=O)Nc1[c]ccc(COC(=O)N(C)CCOC23CC4(C)CC(C)(CC(Cn5ncc(-c6ccc(N7CCc8cccc(C(=O)Nc9nc%10ccccc%10s9)c8C7)nc6C(=O)O)c5C)(C4)C2)C3)c1. The molecule has 2 unspecified atom stereocenters. The summed E-state index contributed by atoms with van der Waals surface area (Å²) in [6, 6.07) is 25.2. The Morgan fingerprint density at radius 2 is 1.69 bits per heavy atom. The minimum atomic E-state index is -3.46. The van der Waals surface area contributed by atoms with Crippen molar-refractivity contribution in [2.45, 2.75) is 123 Å². The largest absolute Gasteiger partial charge is 0.476 e. The first-order valence-corrected chi connectivity index (χ1v) is 31.0. The van der Waals surface area contributed by atoms with Crippen LogP contribution in [0.15, 0.2) is 91.0 Å². The molecule has 4 aliphatic carbocycles. The van der Waals surface area contributed by atoms with Gasteiger partial charge >= 0.3 is 12.1 Å². The lowest BCUT2D eigenvalue weighted by Gasteiger charge is -2.69. The zero-order valence-corrected chi connectivity index (χ0v) is 49.7. The number of likely N-dealkylation sites (N-methyl/N-ethyl adjacent to an activating group) is 1. The smallest absolute Gasteiger partial charge is 0.409 e. The Hall–Kier alpha value is -7.53. The molecule has 4 amide bonds. The third-order valence-corrected chi connectivity index (χ3v) is 18.9. The van der Waals surface area contributed by atoms with Crippen LogP contribution in [0.2, 0.25) is 0 Å². The minimum Gasteiger partial charge on any atom is -0.476 e. The van der Waals surface area contributed by atoms with Gasteiger partial charge in [0.1, 0.15) is 12.4 Å². The van der Waals surface area contributed by atoms with E-state index >= 15 is 0 Å². The number of ether oxygens (including phenoxy) is 2. The predicted molar refractivity (Wildman–Crippen MR) is 321 cm³/mol. The lowest BCUT2D eigenvalue weighted by Crippen LogP contribution is -2.64. The average Bonchev–Trinajstić information content (AvgIpc) is 3.86. The molecular weight excluding hydrogens is 1110 g/mol. The van der Waals surface area contributed by atoms with Crippen molar-refractivity contribution in [1.29, 1.82) is 0 Å². The van der Waals surface area contributed by atoms with Crippen molar-refractivity contribution in [2.24, 2.45) is 16.2 Å². The number of nitrogens with zero attached hydrogens (tertiary/aromatic N) is 6. The van der Waals surface area contributed by atoms with Gasteiger partial charge in [-0.15, -0.1) is 0 Å². The van der Waals surface area contributed by atoms with Crippen LogP contribution in [0.3, 0.4) is 0 Å². The third kappa shape index (κ3) is 13.8. The number of carboxylic acids is 1. The van der Waals surface area contributed by atoms with E-state index in [0.717, 1.165) is 71.0 Å². The van der Waals surface area contributed by atoms with Gasteiger partial charge in [0.2, 0.25) is 21.8 Å². The Morgan fingerprint density at radius 3 is 2.46 bits per heavy atom. The number of pyridine rings is 1. The highest BCUT2D eigenvalue weighted by Gasteiger charge is 2.66. The van der Waals surface area contributed by atoms with Gasteiger partial charge in [-0.05, 0) is 134 Å². The van der Waals surface area contributed by atoms with Crippen molar-refractivity contribution in [1.82, 2.24) is 34.7 Å². The molecule has 4 fully saturated rings. The van der Waals surface area contributed by atoms with Crippen LogP contribution in [0, 0.1) is 29.2 Å². The molecule has 443 valence electrons. The molecule has 20 nitrogen and oxygen atoms in total. The number of carbonyl (C=O) groups excluding carboxylic acids is 4. The van der Waals surface area contributed by atoms with E-state index in [2.05, 4.69) is 52.1 Å². The van der Waals surface area contributed by atoms with E-state index in [1.165, 1.54) is 16.2 Å². The summed E-state index contributed by atoms with van der Waals surface area (Å²) >= 11 is 1.42. The van der Waals surface area contributed by atoms with Crippen molar-refractivity contribution in [3.8, 4) is 11.1 Å². The molecule has 5 aliphatic rings. The molecule has 4 bridgehead atoms. The Balaban J connectivity index is 0.714. The van der Waals surface area contributed by atoms with Crippen LogP contribution in [0.4, 0.5) is 21.4 Å². The van der Waals surface area contributed by atoms with Crippen LogP contribution in [0.5, 0.6) is 0 Å². The number of hydrogen-bond donors (Lipinski definition) is 5. The number of para-hydroxylation sites is 1. The van der Waals surface area contributed by atoms with Gasteiger partial charge in [-0.25, -0.2) is 32.7 Å². The van der Waals surface area contributed by atoms with Crippen molar-refractivity contribution in [3.63, 3.8) is 0 Å². The quantitative estimate of drug-likeness (QED) is 0.0335. The normalized spacial score (nSPS) is 21.4. The molecule has 2 atom stereocenters. The molecule has 4 heterocycles. The summed E-state index contributed by atoms with van der Waals surface area (Å²) in [5.41, 5.74) is 5.89. The van der Waals surface area contributed by atoms with Crippen LogP contribution in [0.25, 0.3) is 21.3 Å². The van der Waals surface area contributed by atoms with Crippen molar-refractivity contribution in [2.75, 3.05) is 55.4 Å². The summed E-state index contributed by atoms with van der Waals surface area (Å²) < 4.78 is 40.9. The highest BCUT2D eigenvalue weighted by atomic mass is 32.2. The second-order valence-corrected chi connectivity index (χ2v) is 26.8. The Labute approximate surface area is 493 Å². The highest BCUT2D eigenvalue weighted by Crippen LogP contribution is 2.72. The van der Waals surface area contributed by atoms with E-state index in [0.29, 0.717) is 97.4 Å². The van der Waals surface area contributed by atoms with Crippen molar-refractivity contribution < 1.29 is 47.0 Å². The van der Waals surface area contributed by atoms with Gasteiger partial charge in [-0.3, -0.25) is 24.4 Å². The van der Waals surface area contributed by atoms with Crippen LogP contribution in [0.1, 0.15) is 128 Å². The minimum absolute atomic E-state index is 0.0277. The molecule has 84 heavy (non-hydrogen) atoms. The van der Waals surface area contributed by atoms with Crippen LogP contribution < -0.4 is 25.6 Å². The fourth-order valence-electron chi connectivity index (χ4n) is 14.3. The zero-order chi connectivity index (χ0) is 59.4. The Kier molecular flexibility index (Phi) is 17.5. The Bertz CT molecular complexity index is 3570. The summed E-state index contributed by atoms with van der Waals surface area (Å²) in [5.74, 6) is -1.39. The van der Waals surface area contributed by atoms with Gasteiger partial charge in [0.25, 0.3) is 5.91 Å². The fourth-order valence-corrected chi connectivity index (χ4v) is 15.7. The number of carboxylic acid groups (broad SMARTS) is 1. The van der Waals surface area contributed by atoms with E-state index < -0.39 is 27.7 Å². The van der Waals surface area contributed by atoms with Gasteiger partial charge in [-0.2, -0.15) is 5.10 Å². The second kappa shape index (κ2) is 24.6. The molecule has 0 spiro atoms. The first-order chi connectivity index (χ1) is 40.1. The zero-order valence-electron chi connectivity index (χ0n) is 48.1. The molecule has 3 aromatic heterocycles. The van der Waals surface area contributed by atoms with E-state index in [-0.39, 0.29) is 72.2 Å². The van der Waals surface area contributed by atoms with Gasteiger partial charge in [0, 0.05) is 98.7 Å². The number of aromatic carboxylic acids is 1. The van der Waals surface area contributed by atoms with Gasteiger partial charge in [0.15, 0.2) is 10.8 Å². The number of benzene rings is 3. The monoisotopic (exact) mass is 1180 g/mol. The van der Waals surface area contributed by atoms with Crippen LogP contribution >= 0.6 is 11.3 Å². The number of hydrogen-bond acceptors (Lipinski definition) is 14. The topological polar surface area (TPSA) is 256 Å². The van der Waals surface area contributed by atoms with Gasteiger partial charge in [-0.1, -0.05) is 74.6 Å². The van der Waals surface area contributed by atoms with E-state index in [1.807, 2.05) is 71.1 Å². The summed E-state index contributed by atoms with van der Waals surface area (Å²) in [7, 11) is -1.78. The summed E-state index contributed by atoms with van der Waals surface area (Å²) in [6.45, 7) is 12.7. The molecule has 5 N–H and O–H groups in total. The lowest BCUT2D eigenvalue weighted by molar-refractivity contribution is -0.248. The highest BCUT2D eigenvalue weighted by molar-refractivity contribution is 7.92. The average molecular weight is 1180 g/mol. The number of sulfonamides is 1. The number of fused-ring (bicyclic) bond motifs is 2. The number of carbonyl (C=O) groups is 5. The fraction of sp³-hybridized carbons (Fsp3) is 0.452. The number of unbranched alkanes of at least 4 members (excludes halogenated alkanes) is 2. The van der Waals surface area contributed by atoms with Crippen molar-refractivity contribution in [3.05, 3.63) is 131 Å². The molecule has 0 saturated heterocycles. The molecular formula is C62H73N10O10S2. The van der Waals surface area contributed by atoms with E-state index in [4.69, 9.17) is 19.6 Å². The summed E-state index contributed by atoms with van der Waals surface area (Å²) in [5, 5.41) is 25.5. The maximum absolute atomic E-state index is 13.8. The molecule has 1 radical (unpaired) electrons. The number of thiazole rings is 1. The third-order valence-electron chi connectivity index (χ3n) is 16.9. The van der Waals surface area contributed by atoms with E-state index in [9.17, 15) is 37.5 Å². The van der Waals surface area contributed by atoms with Crippen LogP contribution in [-0.4, -0.2) is 113 Å². The number of aromatic nitrogens is 4. The standard InChI is InChI=1S/C62H73N10O10S2/c1-6-84(79,80)65-25-11-7-8-20-52(73)63-26-23-53(74)66-44-16-12-14-42(30-44)33-81-58(78)70(5)28-29-82-62-37-59(3)34-60(4,38-62)36-61(35-59,39-62)40-72-41(2)47(31-64-72)45-21-22-51(68-54(45)56(76)77)71-27-24-43-15-13-17-46(48(43)32-71)55(75)69-57-67-49-18-9-10-19-50(49)83-57/h6,9-10,12-15,17-19,21-22,30-31,65H,1,7-8,11,20,23-29,32-40H2,2-5H3,(H,63,73)(H,66,74)(H,76,77)(H,67,69,75). The summed E-state index contributed by atoms with van der Waals surface area (Å²) in [4.78, 5) is 78.0. The molecule has 4 saturated carbocycles. The number of anilines is 3. The maximum Gasteiger partial charge on any atom is 0.409 e.